The molecule has 1 heterocycles. The van der Waals surface area contributed by atoms with E-state index in [0.717, 1.165) is 5.70 Å². The summed E-state index contributed by atoms with van der Waals surface area (Å²) >= 11 is 0. The van der Waals surface area contributed by atoms with Gasteiger partial charge in [-0.15, -0.1) is 0 Å². The highest BCUT2D eigenvalue weighted by molar-refractivity contribution is 6.04. The van der Waals surface area contributed by atoms with Crippen molar-refractivity contribution in [2.24, 2.45) is 5.41 Å². The minimum Gasteiger partial charge on any atom is -0.497 e. The summed E-state index contributed by atoms with van der Waals surface area (Å²) in [6, 6.07) is 14.8. The van der Waals surface area contributed by atoms with Gasteiger partial charge in [0.25, 0.3) is 0 Å². The maximum absolute atomic E-state index is 13.5. The number of dihydropyridines is 1. The monoisotopic (exact) mass is 491 g/mol. The van der Waals surface area contributed by atoms with E-state index < -0.39 is 11.9 Å². The minimum atomic E-state index is -0.641. The second-order valence-corrected chi connectivity index (χ2v) is 9.84. The van der Waals surface area contributed by atoms with E-state index >= 15 is 0 Å². The fourth-order valence-electron chi connectivity index (χ4n) is 4.97. The van der Waals surface area contributed by atoms with Crippen LogP contribution in [0.2, 0.25) is 0 Å². The number of carbonyl (C=O) groups is 2. The fourth-order valence-corrected chi connectivity index (χ4v) is 4.97. The van der Waals surface area contributed by atoms with Gasteiger partial charge < -0.3 is 24.3 Å². The molecule has 1 aliphatic carbocycles. The standard InChI is InChI=1S/C29H33NO6/c1-18-25(28(32)36-14-13-35-19-9-7-6-8-10-19)26(21-15-20(33-4)11-12-24(21)34-5)27-22(30-18)16-29(2,3)17-23(27)31/h6-12,15,26,30H,13-14,16-17H2,1-5H3. The number of hydrogen-bond acceptors (Lipinski definition) is 7. The SMILES string of the molecule is COc1ccc(OC)c(C2C(C(=O)OCCOc3ccccc3)=C(C)NC3=C2C(=O)CC(C)(C)C3)c1. The summed E-state index contributed by atoms with van der Waals surface area (Å²) < 4.78 is 22.4. The molecule has 2 aromatic rings. The lowest BCUT2D eigenvalue weighted by Gasteiger charge is -2.39. The van der Waals surface area contributed by atoms with Crippen LogP contribution < -0.4 is 19.5 Å². The molecule has 7 nitrogen and oxygen atoms in total. The Morgan fingerprint density at radius 1 is 1.00 bits per heavy atom. The van der Waals surface area contributed by atoms with Crippen LogP contribution in [0, 0.1) is 5.41 Å². The molecule has 1 aliphatic heterocycles. The Hall–Kier alpha value is -3.74. The summed E-state index contributed by atoms with van der Waals surface area (Å²) in [5.41, 5.74) is 2.97. The van der Waals surface area contributed by atoms with Gasteiger partial charge in [-0.2, -0.15) is 0 Å². The zero-order valence-corrected chi connectivity index (χ0v) is 21.5. The molecule has 0 aromatic heterocycles. The van der Waals surface area contributed by atoms with Gasteiger partial charge in [-0.3, -0.25) is 4.79 Å². The third-order valence-corrected chi connectivity index (χ3v) is 6.54. The lowest BCUT2D eigenvalue weighted by Crippen LogP contribution is -2.39. The lowest BCUT2D eigenvalue weighted by atomic mass is 9.68. The smallest absolute Gasteiger partial charge is 0.336 e. The quantitative estimate of drug-likeness (QED) is 0.414. The maximum atomic E-state index is 13.5. The van der Waals surface area contributed by atoms with Crippen LogP contribution in [0.4, 0.5) is 0 Å². The Balaban J connectivity index is 1.68. The summed E-state index contributed by atoms with van der Waals surface area (Å²) in [4.78, 5) is 27.0. The van der Waals surface area contributed by atoms with E-state index in [1.807, 2.05) is 43.3 Å². The Kier molecular flexibility index (Phi) is 7.38. The predicted molar refractivity (Wildman–Crippen MR) is 136 cm³/mol. The number of carbonyl (C=O) groups excluding carboxylic acids is 2. The van der Waals surface area contributed by atoms with Crippen molar-refractivity contribution in [3.8, 4) is 17.2 Å². The average molecular weight is 492 g/mol. The predicted octanol–water partition coefficient (Wildman–Crippen LogP) is 4.93. The molecule has 1 atom stereocenters. The molecule has 0 saturated heterocycles. The molecule has 0 saturated carbocycles. The van der Waals surface area contributed by atoms with E-state index in [1.54, 1.807) is 26.4 Å². The van der Waals surface area contributed by atoms with Gasteiger partial charge in [0.15, 0.2) is 5.78 Å². The molecule has 0 bridgehead atoms. The first-order valence-corrected chi connectivity index (χ1v) is 12.0. The topological polar surface area (TPSA) is 83.1 Å². The summed E-state index contributed by atoms with van der Waals surface area (Å²) in [6.45, 7) is 6.27. The number of Topliss-reactive ketones (excluding diaryl/α,β-unsaturated/α-hetero) is 1. The average Bonchev–Trinajstić information content (AvgIpc) is 2.85. The summed E-state index contributed by atoms with van der Waals surface area (Å²) in [5.74, 6) is 0.740. The molecule has 1 N–H and O–H groups in total. The van der Waals surface area contributed by atoms with Crippen LogP contribution in [0.5, 0.6) is 17.2 Å². The first-order chi connectivity index (χ1) is 17.2. The van der Waals surface area contributed by atoms with Gasteiger partial charge in [-0.05, 0) is 49.1 Å². The highest BCUT2D eigenvalue weighted by Crippen LogP contribution is 2.49. The summed E-state index contributed by atoms with van der Waals surface area (Å²) in [5, 5.41) is 3.35. The largest absolute Gasteiger partial charge is 0.497 e. The van der Waals surface area contributed by atoms with Crippen molar-refractivity contribution >= 4 is 11.8 Å². The van der Waals surface area contributed by atoms with Crippen molar-refractivity contribution in [2.45, 2.75) is 39.5 Å². The highest BCUT2D eigenvalue weighted by atomic mass is 16.6. The maximum Gasteiger partial charge on any atom is 0.336 e. The molecular weight excluding hydrogens is 458 g/mol. The molecule has 2 aromatic carbocycles. The zero-order valence-electron chi connectivity index (χ0n) is 21.5. The summed E-state index contributed by atoms with van der Waals surface area (Å²) in [6.07, 6.45) is 1.09. The van der Waals surface area contributed by atoms with Crippen LogP contribution in [0.15, 0.2) is 71.1 Å². The van der Waals surface area contributed by atoms with Gasteiger partial charge in [-0.25, -0.2) is 4.79 Å². The van der Waals surface area contributed by atoms with Crippen molar-refractivity contribution in [3.63, 3.8) is 0 Å². The van der Waals surface area contributed by atoms with Gasteiger partial charge >= 0.3 is 5.97 Å². The number of rotatable bonds is 8. The van der Waals surface area contributed by atoms with Crippen LogP contribution in [0.1, 0.15) is 45.1 Å². The molecule has 7 heteroatoms. The summed E-state index contributed by atoms with van der Waals surface area (Å²) in [7, 11) is 3.15. The normalized spacial score (nSPS) is 18.8. The third-order valence-electron chi connectivity index (χ3n) is 6.54. The van der Waals surface area contributed by atoms with Crippen LogP contribution in [0.25, 0.3) is 0 Å². The van der Waals surface area contributed by atoms with E-state index in [9.17, 15) is 9.59 Å². The Labute approximate surface area is 212 Å². The fraction of sp³-hybridized carbons (Fsp3) is 0.379. The number of nitrogens with one attached hydrogen (secondary N) is 1. The zero-order chi connectivity index (χ0) is 25.9. The van der Waals surface area contributed by atoms with Crippen molar-refractivity contribution in [1.29, 1.82) is 0 Å². The molecule has 1 unspecified atom stereocenters. The van der Waals surface area contributed by atoms with Crippen LogP contribution >= 0.6 is 0 Å². The first kappa shape index (κ1) is 25.4. The van der Waals surface area contributed by atoms with Crippen LogP contribution in [-0.2, 0) is 14.3 Å². The second kappa shape index (κ2) is 10.5. The molecule has 0 fully saturated rings. The van der Waals surface area contributed by atoms with Crippen molar-refractivity contribution in [1.82, 2.24) is 5.32 Å². The second-order valence-electron chi connectivity index (χ2n) is 9.84. The van der Waals surface area contributed by atoms with Crippen molar-refractivity contribution in [3.05, 3.63) is 76.6 Å². The Morgan fingerprint density at radius 2 is 1.75 bits per heavy atom. The van der Waals surface area contributed by atoms with Crippen LogP contribution in [-0.4, -0.2) is 39.2 Å². The Bertz CT molecular complexity index is 1210. The molecule has 4 rings (SSSR count). The third kappa shape index (κ3) is 5.25. The van der Waals surface area contributed by atoms with E-state index in [-0.39, 0.29) is 24.4 Å². The van der Waals surface area contributed by atoms with Gasteiger partial charge in [0.05, 0.1) is 25.7 Å². The van der Waals surface area contributed by atoms with E-state index in [1.165, 1.54) is 0 Å². The number of methoxy groups -OCH3 is 2. The molecule has 36 heavy (non-hydrogen) atoms. The van der Waals surface area contributed by atoms with Gasteiger partial charge in [0.1, 0.15) is 30.5 Å². The van der Waals surface area contributed by atoms with Gasteiger partial charge in [0, 0.05) is 29.0 Å². The lowest BCUT2D eigenvalue weighted by molar-refractivity contribution is -0.140. The molecule has 2 aliphatic rings. The van der Waals surface area contributed by atoms with Crippen molar-refractivity contribution < 1.29 is 28.5 Å². The van der Waals surface area contributed by atoms with E-state index in [4.69, 9.17) is 18.9 Å². The van der Waals surface area contributed by atoms with Gasteiger partial charge in [0.2, 0.25) is 0 Å². The molecule has 0 spiro atoms. The van der Waals surface area contributed by atoms with E-state index in [0.29, 0.717) is 52.5 Å². The van der Waals surface area contributed by atoms with E-state index in [2.05, 4.69) is 19.2 Å². The number of ether oxygens (including phenoxy) is 4. The Morgan fingerprint density at radius 3 is 2.44 bits per heavy atom. The minimum absolute atomic E-state index is 0.00818. The molecule has 190 valence electrons. The van der Waals surface area contributed by atoms with Gasteiger partial charge in [-0.1, -0.05) is 32.0 Å². The van der Waals surface area contributed by atoms with Crippen molar-refractivity contribution in [2.75, 3.05) is 27.4 Å². The number of ketones is 1. The number of esters is 1. The highest BCUT2D eigenvalue weighted by Gasteiger charge is 2.44. The van der Waals surface area contributed by atoms with Crippen LogP contribution in [0.3, 0.4) is 0 Å². The first-order valence-electron chi connectivity index (χ1n) is 12.0. The molecule has 0 amide bonds. The number of para-hydroxylation sites is 1. The number of benzene rings is 2. The molecular formula is C29H33NO6. The number of allylic oxidation sites excluding steroid dienone is 3. The molecule has 0 radical (unpaired) electrons. The number of hydrogen-bond donors (Lipinski definition) is 1.